The summed E-state index contributed by atoms with van der Waals surface area (Å²) in [5, 5.41) is 0. The van der Waals surface area contributed by atoms with E-state index in [0.717, 1.165) is 31.9 Å². The van der Waals surface area contributed by atoms with E-state index in [0.29, 0.717) is 29.8 Å². The molecule has 2 saturated heterocycles. The van der Waals surface area contributed by atoms with Crippen LogP contribution in [0.1, 0.15) is 33.1 Å². The minimum Gasteiger partial charge on any atom is -0.377 e. The quantitative estimate of drug-likeness (QED) is 0.793. The SMILES string of the molecule is CC1CN(C)CC(C)N1C(=O)CSCC1CCCCO1. The van der Waals surface area contributed by atoms with E-state index >= 15 is 0 Å². The summed E-state index contributed by atoms with van der Waals surface area (Å²) in [6, 6.07) is 0.644. The van der Waals surface area contributed by atoms with Crippen molar-refractivity contribution in [2.75, 3.05) is 38.2 Å². The molecule has 0 bridgehead atoms. The normalized spacial score (nSPS) is 32.4. The van der Waals surface area contributed by atoms with Crippen LogP contribution in [0.4, 0.5) is 0 Å². The van der Waals surface area contributed by atoms with Crippen molar-refractivity contribution in [2.24, 2.45) is 0 Å². The molecular weight excluding hydrogens is 272 g/mol. The molecule has 1 amide bonds. The Hall–Kier alpha value is -0.260. The van der Waals surface area contributed by atoms with Crippen molar-refractivity contribution in [3.63, 3.8) is 0 Å². The van der Waals surface area contributed by atoms with Gasteiger partial charge in [-0.1, -0.05) is 0 Å². The van der Waals surface area contributed by atoms with Gasteiger partial charge in [0.15, 0.2) is 0 Å². The molecule has 0 spiro atoms. The Labute approximate surface area is 127 Å². The highest BCUT2D eigenvalue weighted by Gasteiger charge is 2.31. The summed E-state index contributed by atoms with van der Waals surface area (Å²) in [6.45, 7) is 7.16. The molecule has 0 aromatic carbocycles. The highest BCUT2D eigenvalue weighted by Crippen LogP contribution is 2.20. The average Bonchev–Trinajstić information content (AvgIpc) is 2.38. The smallest absolute Gasteiger partial charge is 0.233 e. The van der Waals surface area contributed by atoms with Gasteiger partial charge in [0.1, 0.15) is 0 Å². The van der Waals surface area contributed by atoms with Crippen LogP contribution < -0.4 is 0 Å². The Kier molecular flexibility index (Phi) is 6.18. The van der Waals surface area contributed by atoms with Gasteiger partial charge >= 0.3 is 0 Å². The number of piperazine rings is 1. The van der Waals surface area contributed by atoms with E-state index in [1.807, 2.05) is 0 Å². The van der Waals surface area contributed by atoms with E-state index in [4.69, 9.17) is 4.74 Å². The molecule has 3 atom stereocenters. The minimum atomic E-state index is 0.291. The maximum atomic E-state index is 12.4. The zero-order valence-corrected chi connectivity index (χ0v) is 13.8. The van der Waals surface area contributed by atoms with Crippen molar-refractivity contribution in [1.29, 1.82) is 0 Å². The molecule has 0 aliphatic carbocycles. The summed E-state index contributed by atoms with van der Waals surface area (Å²) < 4.78 is 5.71. The van der Waals surface area contributed by atoms with Crippen molar-refractivity contribution < 1.29 is 9.53 Å². The lowest BCUT2D eigenvalue weighted by molar-refractivity contribution is -0.135. The van der Waals surface area contributed by atoms with Gasteiger partial charge < -0.3 is 14.5 Å². The molecule has 2 aliphatic heterocycles. The van der Waals surface area contributed by atoms with Gasteiger partial charge in [-0.15, -0.1) is 11.8 Å². The van der Waals surface area contributed by atoms with Gasteiger partial charge in [0, 0.05) is 37.5 Å². The lowest BCUT2D eigenvalue weighted by atomic mass is 10.1. The standard InChI is InChI=1S/C15H28N2O2S/c1-12-8-16(3)9-13(2)17(12)15(18)11-20-10-14-6-4-5-7-19-14/h12-14H,4-11H2,1-3H3. The summed E-state index contributed by atoms with van der Waals surface area (Å²) in [6.07, 6.45) is 3.98. The molecule has 4 nitrogen and oxygen atoms in total. The van der Waals surface area contributed by atoms with Crippen molar-refractivity contribution in [2.45, 2.75) is 51.3 Å². The molecule has 2 heterocycles. The van der Waals surface area contributed by atoms with Gasteiger partial charge in [0.25, 0.3) is 0 Å². The van der Waals surface area contributed by atoms with Crippen molar-refractivity contribution in [1.82, 2.24) is 9.80 Å². The highest BCUT2D eigenvalue weighted by molar-refractivity contribution is 7.99. The van der Waals surface area contributed by atoms with Crippen LogP contribution >= 0.6 is 11.8 Å². The van der Waals surface area contributed by atoms with E-state index in [-0.39, 0.29) is 0 Å². The Morgan fingerprint density at radius 3 is 2.55 bits per heavy atom. The van der Waals surface area contributed by atoms with Crippen LogP contribution in [-0.2, 0) is 9.53 Å². The molecule has 3 unspecified atom stereocenters. The molecule has 0 radical (unpaired) electrons. The fourth-order valence-electron chi connectivity index (χ4n) is 3.37. The van der Waals surface area contributed by atoms with E-state index in [1.165, 1.54) is 12.8 Å². The van der Waals surface area contributed by atoms with Crippen LogP contribution in [0.25, 0.3) is 0 Å². The Morgan fingerprint density at radius 1 is 1.25 bits per heavy atom. The third-order valence-corrected chi connectivity index (χ3v) is 5.25. The van der Waals surface area contributed by atoms with E-state index < -0.39 is 0 Å². The molecule has 2 aliphatic rings. The zero-order valence-electron chi connectivity index (χ0n) is 13.0. The van der Waals surface area contributed by atoms with Crippen LogP contribution in [0.2, 0.25) is 0 Å². The first kappa shape index (κ1) is 16.1. The molecule has 2 rings (SSSR count). The number of carbonyl (C=O) groups excluding carboxylic acids is 1. The summed E-state index contributed by atoms with van der Waals surface area (Å²) >= 11 is 1.74. The number of likely N-dealkylation sites (N-methyl/N-ethyl adjacent to an activating group) is 1. The summed E-state index contributed by atoms with van der Waals surface area (Å²) in [5.74, 6) is 1.85. The van der Waals surface area contributed by atoms with Crippen LogP contribution in [0.3, 0.4) is 0 Å². The number of hydrogen-bond donors (Lipinski definition) is 0. The number of amides is 1. The predicted octanol–water partition coefficient (Wildman–Crippen LogP) is 1.84. The summed E-state index contributed by atoms with van der Waals surface area (Å²) in [7, 11) is 2.13. The lowest BCUT2D eigenvalue weighted by Crippen LogP contribution is -2.58. The minimum absolute atomic E-state index is 0.291. The molecule has 5 heteroatoms. The fourth-order valence-corrected chi connectivity index (χ4v) is 4.34. The van der Waals surface area contributed by atoms with Crippen molar-refractivity contribution >= 4 is 17.7 Å². The first-order valence-corrected chi connectivity index (χ1v) is 8.92. The largest absolute Gasteiger partial charge is 0.377 e. The molecular formula is C15H28N2O2S. The summed E-state index contributed by atoms with van der Waals surface area (Å²) in [5.41, 5.74) is 0. The molecule has 0 aromatic rings. The third-order valence-electron chi connectivity index (χ3n) is 4.19. The van der Waals surface area contributed by atoms with Gasteiger partial charge in [0.05, 0.1) is 11.9 Å². The second-order valence-corrected chi connectivity index (χ2v) is 7.25. The average molecular weight is 300 g/mol. The number of hydrogen-bond acceptors (Lipinski definition) is 4. The van der Waals surface area contributed by atoms with E-state index in [9.17, 15) is 4.79 Å². The molecule has 116 valence electrons. The van der Waals surface area contributed by atoms with Crippen molar-refractivity contribution in [3.05, 3.63) is 0 Å². The van der Waals surface area contributed by atoms with Gasteiger partial charge in [-0.2, -0.15) is 0 Å². The van der Waals surface area contributed by atoms with Crippen LogP contribution in [0.5, 0.6) is 0 Å². The predicted molar refractivity (Wildman–Crippen MR) is 84.2 cm³/mol. The van der Waals surface area contributed by atoms with Crippen LogP contribution in [0.15, 0.2) is 0 Å². The van der Waals surface area contributed by atoms with Gasteiger partial charge in [-0.05, 0) is 40.2 Å². The fraction of sp³-hybridized carbons (Fsp3) is 0.933. The Bertz CT molecular complexity index is 309. The van der Waals surface area contributed by atoms with Gasteiger partial charge in [-0.3, -0.25) is 4.79 Å². The van der Waals surface area contributed by atoms with Crippen LogP contribution in [0, 0.1) is 0 Å². The maximum Gasteiger partial charge on any atom is 0.233 e. The highest BCUT2D eigenvalue weighted by atomic mass is 32.2. The number of rotatable bonds is 4. The number of thioether (sulfide) groups is 1. The second-order valence-electron chi connectivity index (χ2n) is 6.22. The van der Waals surface area contributed by atoms with Crippen LogP contribution in [-0.4, -0.2) is 72.1 Å². The third kappa shape index (κ3) is 4.37. The van der Waals surface area contributed by atoms with Gasteiger partial charge in [-0.25, -0.2) is 0 Å². The zero-order chi connectivity index (χ0) is 14.5. The number of ether oxygens (including phenoxy) is 1. The van der Waals surface area contributed by atoms with Crippen molar-refractivity contribution in [3.8, 4) is 0 Å². The van der Waals surface area contributed by atoms with E-state index in [1.54, 1.807) is 11.8 Å². The second kappa shape index (κ2) is 7.66. The molecule has 0 N–H and O–H groups in total. The number of carbonyl (C=O) groups is 1. The topological polar surface area (TPSA) is 32.8 Å². The molecule has 20 heavy (non-hydrogen) atoms. The van der Waals surface area contributed by atoms with Gasteiger partial charge in [0.2, 0.25) is 5.91 Å². The first-order chi connectivity index (χ1) is 9.58. The number of nitrogens with zero attached hydrogens (tertiary/aromatic N) is 2. The maximum absolute atomic E-state index is 12.4. The monoisotopic (exact) mass is 300 g/mol. The Morgan fingerprint density at radius 2 is 1.95 bits per heavy atom. The Balaban J connectivity index is 1.73. The summed E-state index contributed by atoms with van der Waals surface area (Å²) in [4.78, 5) is 16.8. The molecule has 0 aromatic heterocycles. The van der Waals surface area contributed by atoms with E-state index in [2.05, 4.69) is 30.7 Å². The first-order valence-electron chi connectivity index (χ1n) is 7.77. The lowest BCUT2D eigenvalue weighted by Gasteiger charge is -2.43. The molecule has 0 saturated carbocycles. The molecule has 2 fully saturated rings.